The summed E-state index contributed by atoms with van der Waals surface area (Å²) in [5, 5.41) is 8.14. The molecule has 0 atom stereocenters. The third-order valence-electron chi connectivity index (χ3n) is 2.45. The molecule has 1 aromatic heterocycles. The van der Waals surface area contributed by atoms with E-state index >= 15 is 0 Å². The van der Waals surface area contributed by atoms with Crippen LogP contribution in [0.15, 0.2) is 24.3 Å². The largest absolute Gasteiger partial charge is 0.383 e. The zero-order valence-corrected chi connectivity index (χ0v) is 11.6. The molecule has 0 aliphatic rings. The molecular weight excluding hydrogens is 270 g/mol. The predicted octanol–water partition coefficient (Wildman–Crippen LogP) is 2.59. The standard InChI is InChI=1S/C12H14ClN3OS/c1-17-7-6-14-8-11-12(15-16-18-11)9-4-2-3-5-10(9)13/h2-5,14H,6-8H2,1H3. The molecule has 2 rings (SSSR count). The van der Waals surface area contributed by atoms with E-state index in [0.717, 1.165) is 29.2 Å². The molecule has 1 heterocycles. The minimum Gasteiger partial charge on any atom is -0.383 e. The van der Waals surface area contributed by atoms with Crippen molar-refractivity contribution < 1.29 is 4.74 Å². The molecule has 0 saturated carbocycles. The summed E-state index contributed by atoms with van der Waals surface area (Å²) < 4.78 is 8.98. The average Bonchev–Trinajstić information content (AvgIpc) is 2.83. The summed E-state index contributed by atoms with van der Waals surface area (Å²) in [6.07, 6.45) is 0. The van der Waals surface area contributed by atoms with Gasteiger partial charge in [-0.05, 0) is 17.6 Å². The van der Waals surface area contributed by atoms with Crippen molar-refractivity contribution in [2.45, 2.75) is 6.54 Å². The number of halogens is 1. The Kier molecular flexibility index (Phi) is 5.07. The molecule has 0 unspecified atom stereocenters. The van der Waals surface area contributed by atoms with Crippen LogP contribution in [0.3, 0.4) is 0 Å². The van der Waals surface area contributed by atoms with Gasteiger partial charge in [-0.25, -0.2) is 0 Å². The fraction of sp³-hybridized carbons (Fsp3) is 0.333. The predicted molar refractivity (Wildman–Crippen MR) is 73.9 cm³/mol. The van der Waals surface area contributed by atoms with Crippen molar-refractivity contribution >= 4 is 23.1 Å². The Morgan fingerprint density at radius 1 is 1.39 bits per heavy atom. The maximum absolute atomic E-state index is 6.17. The second-order valence-electron chi connectivity index (χ2n) is 3.69. The van der Waals surface area contributed by atoms with Crippen molar-refractivity contribution in [2.75, 3.05) is 20.3 Å². The monoisotopic (exact) mass is 283 g/mol. The highest BCUT2D eigenvalue weighted by atomic mass is 35.5. The van der Waals surface area contributed by atoms with Gasteiger partial charge in [-0.2, -0.15) is 0 Å². The average molecular weight is 284 g/mol. The van der Waals surface area contributed by atoms with E-state index in [2.05, 4.69) is 14.9 Å². The number of hydrogen-bond acceptors (Lipinski definition) is 5. The van der Waals surface area contributed by atoms with E-state index in [1.54, 1.807) is 7.11 Å². The molecule has 0 saturated heterocycles. The van der Waals surface area contributed by atoms with Gasteiger partial charge in [0.2, 0.25) is 0 Å². The van der Waals surface area contributed by atoms with Crippen molar-refractivity contribution in [3.63, 3.8) is 0 Å². The van der Waals surface area contributed by atoms with Gasteiger partial charge in [0.1, 0.15) is 5.69 Å². The van der Waals surface area contributed by atoms with Crippen molar-refractivity contribution in [3.8, 4) is 11.3 Å². The molecule has 1 N–H and O–H groups in total. The van der Waals surface area contributed by atoms with Gasteiger partial charge in [0.15, 0.2) is 0 Å². The summed E-state index contributed by atoms with van der Waals surface area (Å²) in [4.78, 5) is 1.08. The first kappa shape index (κ1) is 13.4. The number of methoxy groups -OCH3 is 1. The number of rotatable bonds is 6. The third kappa shape index (κ3) is 3.26. The van der Waals surface area contributed by atoms with Crippen LogP contribution in [0.1, 0.15) is 4.88 Å². The summed E-state index contributed by atoms with van der Waals surface area (Å²) in [5.74, 6) is 0. The smallest absolute Gasteiger partial charge is 0.111 e. The molecular formula is C12H14ClN3OS. The van der Waals surface area contributed by atoms with Gasteiger partial charge in [0.05, 0.1) is 16.5 Å². The van der Waals surface area contributed by atoms with Crippen LogP contribution in [0.25, 0.3) is 11.3 Å². The van der Waals surface area contributed by atoms with E-state index in [4.69, 9.17) is 16.3 Å². The van der Waals surface area contributed by atoms with Crippen molar-refractivity contribution in [2.24, 2.45) is 0 Å². The summed E-state index contributed by atoms with van der Waals surface area (Å²) in [7, 11) is 1.69. The highest BCUT2D eigenvalue weighted by Crippen LogP contribution is 2.29. The Morgan fingerprint density at radius 2 is 2.22 bits per heavy atom. The molecule has 1 aromatic carbocycles. The molecule has 0 radical (unpaired) electrons. The van der Waals surface area contributed by atoms with E-state index in [9.17, 15) is 0 Å². The second kappa shape index (κ2) is 6.80. The van der Waals surface area contributed by atoms with Crippen LogP contribution in [-0.2, 0) is 11.3 Å². The van der Waals surface area contributed by atoms with E-state index < -0.39 is 0 Å². The molecule has 0 spiro atoms. The highest BCUT2D eigenvalue weighted by molar-refractivity contribution is 7.06. The minimum atomic E-state index is 0.688. The molecule has 0 fully saturated rings. The Bertz CT molecular complexity index is 504. The van der Waals surface area contributed by atoms with Gasteiger partial charge in [-0.3, -0.25) is 0 Å². The molecule has 96 valence electrons. The summed E-state index contributed by atoms with van der Waals surface area (Å²) >= 11 is 7.56. The zero-order chi connectivity index (χ0) is 12.8. The Hall–Kier alpha value is -1.01. The van der Waals surface area contributed by atoms with Crippen molar-refractivity contribution in [1.82, 2.24) is 14.9 Å². The van der Waals surface area contributed by atoms with Crippen LogP contribution in [0, 0.1) is 0 Å². The fourth-order valence-corrected chi connectivity index (χ4v) is 2.41. The quantitative estimate of drug-likeness (QED) is 0.828. The number of benzene rings is 1. The first-order valence-electron chi connectivity index (χ1n) is 5.58. The van der Waals surface area contributed by atoms with Crippen LogP contribution in [-0.4, -0.2) is 29.8 Å². The van der Waals surface area contributed by atoms with Gasteiger partial charge in [0.25, 0.3) is 0 Å². The Labute approximate surface area is 115 Å². The lowest BCUT2D eigenvalue weighted by Crippen LogP contribution is -2.18. The topological polar surface area (TPSA) is 47.0 Å². The molecule has 18 heavy (non-hydrogen) atoms. The molecule has 0 amide bonds. The molecule has 0 aliphatic heterocycles. The van der Waals surface area contributed by atoms with Crippen LogP contribution >= 0.6 is 23.1 Å². The molecule has 6 heteroatoms. The van der Waals surface area contributed by atoms with Gasteiger partial charge < -0.3 is 10.1 Å². The number of nitrogens with one attached hydrogen (secondary N) is 1. The van der Waals surface area contributed by atoms with Gasteiger partial charge in [0, 0.05) is 25.8 Å². The van der Waals surface area contributed by atoms with E-state index in [0.29, 0.717) is 11.6 Å². The van der Waals surface area contributed by atoms with Gasteiger partial charge in [-0.1, -0.05) is 34.3 Å². The first-order chi connectivity index (χ1) is 8.83. The minimum absolute atomic E-state index is 0.688. The lowest BCUT2D eigenvalue weighted by atomic mass is 10.1. The van der Waals surface area contributed by atoms with Crippen LogP contribution < -0.4 is 5.32 Å². The van der Waals surface area contributed by atoms with Gasteiger partial charge in [-0.15, -0.1) is 5.10 Å². The van der Waals surface area contributed by atoms with E-state index in [1.165, 1.54) is 11.5 Å². The lowest BCUT2D eigenvalue weighted by Gasteiger charge is -2.05. The summed E-state index contributed by atoms with van der Waals surface area (Å²) in [6.45, 7) is 2.21. The molecule has 2 aromatic rings. The van der Waals surface area contributed by atoms with Crippen molar-refractivity contribution in [3.05, 3.63) is 34.2 Å². The number of nitrogens with zero attached hydrogens (tertiary/aromatic N) is 2. The van der Waals surface area contributed by atoms with E-state index in [-0.39, 0.29) is 0 Å². The van der Waals surface area contributed by atoms with Crippen molar-refractivity contribution in [1.29, 1.82) is 0 Å². The number of hydrogen-bond donors (Lipinski definition) is 1. The summed E-state index contributed by atoms with van der Waals surface area (Å²) in [5.41, 5.74) is 1.78. The fourth-order valence-electron chi connectivity index (χ4n) is 1.56. The van der Waals surface area contributed by atoms with Gasteiger partial charge >= 0.3 is 0 Å². The van der Waals surface area contributed by atoms with Crippen LogP contribution in [0.2, 0.25) is 5.02 Å². The Balaban J connectivity index is 2.10. The van der Waals surface area contributed by atoms with Crippen LogP contribution in [0.4, 0.5) is 0 Å². The maximum Gasteiger partial charge on any atom is 0.111 e. The second-order valence-corrected chi connectivity index (χ2v) is 4.94. The molecule has 4 nitrogen and oxygen atoms in total. The molecule has 0 bridgehead atoms. The normalized spacial score (nSPS) is 10.8. The maximum atomic E-state index is 6.17. The highest BCUT2D eigenvalue weighted by Gasteiger charge is 2.12. The zero-order valence-electron chi connectivity index (χ0n) is 10.0. The third-order valence-corrected chi connectivity index (χ3v) is 3.50. The molecule has 0 aliphatic carbocycles. The van der Waals surface area contributed by atoms with E-state index in [1.807, 2.05) is 24.3 Å². The summed E-state index contributed by atoms with van der Waals surface area (Å²) in [6, 6.07) is 7.67. The SMILES string of the molecule is COCCNCc1snnc1-c1ccccc1Cl. The first-order valence-corrected chi connectivity index (χ1v) is 6.74. The number of ether oxygens (including phenoxy) is 1. The van der Waals surface area contributed by atoms with Crippen LogP contribution in [0.5, 0.6) is 0 Å². The Morgan fingerprint density at radius 3 is 3.00 bits per heavy atom. The lowest BCUT2D eigenvalue weighted by molar-refractivity contribution is 0.199. The number of aromatic nitrogens is 2.